The molecule has 0 saturated heterocycles. The van der Waals surface area contributed by atoms with E-state index in [0.29, 0.717) is 6.54 Å². The molecule has 0 aliphatic rings. The zero-order valence-corrected chi connectivity index (χ0v) is 11.7. The minimum absolute atomic E-state index is 0.202. The van der Waals surface area contributed by atoms with Crippen molar-refractivity contribution in [2.24, 2.45) is 0 Å². The molecular formula is C15H20FN3. The van der Waals surface area contributed by atoms with Gasteiger partial charge in [-0.25, -0.2) is 9.37 Å². The number of aryl methyl sites for hydroxylation is 1. The second-order valence-corrected chi connectivity index (χ2v) is 4.74. The first-order chi connectivity index (χ1) is 9.13. The molecule has 1 N–H and O–H groups in total. The van der Waals surface area contributed by atoms with Crippen LogP contribution in [0.15, 0.2) is 24.5 Å². The number of nitrogens with zero attached hydrogens (tertiary/aromatic N) is 2. The van der Waals surface area contributed by atoms with Gasteiger partial charge in [0.1, 0.15) is 5.82 Å². The molecule has 19 heavy (non-hydrogen) atoms. The van der Waals surface area contributed by atoms with Gasteiger partial charge in [-0.15, -0.1) is 0 Å². The fourth-order valence-electron chi connectivity index (χ4n) is 2.07. The van der Waals surface area contributed by atoms with Crippen molar-refractivity contribution in [3.63, 3.8) is 0 Å². The van der Waals surface area contributed by atoms with Crippen LogP contribution in [-0.2, 0) is 6.54 Å². The second-order valence-electron chi connectivity index (χ2n) is 4.74. The Kier molecular flexibility index (Phi) is 4.32. The molecule has 102 valence electrons. The lowest BCUT2D eigenvalue weighted by atomic mass is 10.1. The highest BCUT2D eigenvalue weighted by Crippen LogP contribution is 2.19. The summed E-state index contributed by atoms with van der Waals surface area (Å²) in [6.45, 7) is 7.71. The van der Waals surface area contributed by atoms with Gasteiger partial charge in [-0.3, -0.25) is 0 Å². The second kappa shape index (κ2) is 5.97. The van der Waals surface area contributed by atoms with Gasteiger partial charge in [0.15, 0.2) is 0 Å². The van der Waals surface area contributed by atoms with Crippen molar-refractivity contribution in [3.05, 3.63) is 47.3 Å². The average molecular weight is 261 g/mol. The Morgan fingerprint density at radius 1 is 1.32 bits per heavy atom. The van der Waals surface area contributed by atoms with Gasteiger partial charge in [-0.05, 0) is 50.6 Å². The Hall–Kier alpha value is -1.68. The molecule has 4 heteroatoms. The Labute approximate surface area is 113 Å². The lowest BCUT2D eigenvalue weighted by Crippen LogP contribution is -2.16. The van der Waals surface area contributed by atoms with Crippen molar-refractivity contribution >= 4 is 0 Å². The molecule has 0 spiro atoms. The van der Waals surface area contributed by atoms with E-state index in [9.17, 15) is 4.39 Å². The summed E-state index contributed by atoms with van der Waals surface area (Å²) >= 11 is 0. The van der Waals surface area contributed by atoms with Gasteiger partial charge in [0.25, 0.3) is 0 Å². The Balaban J connectivity index is 2.36. The molecule has 2 aromatic rings. The van der Waals surface area contributed by atoms with Crippen LogP contribution in [0.4, 0.5) is 4.39 Å². The predicted octanol–water partition coefficient (Wildman–Crippen LogP) is 3.13. The largest absolute Gasteiger partial charge is 0.313 e. The Bertz CT molecular complexity index is 561. The van der Waals surface area contributed by atoms with Crippen molar-refractivity contribution in [2.45, 2.75) is 33.7 Å². The third-order valence-electron chi connectivity index (χ3n) is 3.30. The first-order valence-electron chi connectivity index (χ1n) is 6.63. The summed E-state index contributed by atoms with van der Waals surface area (Å²) in [4.78, 5) is 4.30. The monoisotopic (exact) mass is 261 g/mol. The standard InChI is InChI=1S/C15H20FN3/c1-4-7-17-9-13-8-14(16)5-6-15(13)19-10-18-11(2)12(19)3/h5-6,8,10,17H,4,7,9H2,1-3H3. The summed E-state index contributed by atoms with van der Waals surface area (Å²) in [7, 11) is 0. The van der Waals surface area contributed by atoms with Crippen molar-refractivity contribution in [1.82, 2.24) is 14.9 Å². The van der Waals surface area contributed by atoms with E-state index in [4.69, 9.17) is 0 Å². The molecule has 0 aliphatic heterocycles. The van der Waals surface area contributed by atoms with E-state index in [0.717, 1.165) is 35.6 Å². The van der Waals surface area contributed by atoms with Crippen LogP contribution in [0.5, 0.6) is 0 Å². The van der Waals surface area contributed by atoms with Gasteiger partial charge in [-0.2, -0.15) is 0 Å². The van der Waals surface area contributed by atoms with Gasteiger partial charge >= 0.3 is 0 Å². The van der Waals surface area contributed by atoms with Crippen LogP contribution >= 0.6 is 0 Å². The average Bonchev–Trinajstić information content (AvgIpc) is 2.71. The number of benzene rings is 1. The fourth-order valence-corrected chi connectivity index (χ4v) is 2.07. The molecule has 0 amide bonds. The van der Waals surface area contributed by atoms with Crippen LogP contribution in [0.25, 0.3) is 5.69 Å². The summed E-state index contributed by atoms with van der Waals surface area (Å²) in [6, 6.07) is 4.90. The number of hydrogen-bond donors (Lipinski definition) is 1. The van der Waals surface area contributed by atoms with Gasteiger partial charge < -0.3 is 9.88 Å². The highest BCUT2D eigenvalue weighted by atomic mass is 19.1. The van der Waals surface area contributed by atoms with E-state index in [-0.39, 0.29) is 5.82 Å². The highest BCUT2D eigenvalue weighted by Gasteiger charge is 2.09. The Morgan fingerprint density at radius 2 is 2.11 bits per heavy atom. The van der Waals surface area contributed by atoms with Crippen LogP contribution in [0.3, 0.4) is 0 Å². The van der Waals surface area contributed by atoms with E-state index in [1.807, 2.05) is 24.5 Å². The summed E-state index contributed by atoms with van der Waals surface area (Å²) in [5.41, 5.74) is 4.03. The first kappa shape index (κ1) is 13.7. The molecule has 0 atom stereocenters. The van der Waals surface area contributed by atoms with E-state index >= 15 is 0 Å². The van der Waals surface area contributed by atoms with Crippen LogP contribution in [0.1, 0.15) is 30.3 Å². The van der Waals surface area contributed by atoms with Crippen molar-refractivity contribution < 1.29 is 4.39 Å². The van der Waals surface area contributed by atoms with Crippen LogP contribution in [0, 0.1) is 19.7 Å². The van der Waals surface area contributed by atoms with Crippen LogP contribution < -0.4 is 5.32 Å². The lowest BCUT2D eigenvalue weighted by molar-refractivity contribution is 0.617. The maximum absolute atomic E-state index is 13.4. The quantitative estimate of drug-likeness (QED) is 0.838. The Morgan fingerprint density at radius 3 is 2.74 bits per heavy atom. The van der Waals surface area contributed by atoms with Crippen molar-refractivity contribution in [1.29, 1.82) is 0 Å². The van der Waals surface area contributed by atoms with E-state index in [1.54, 1.807) is 12.4 Å². The summed E-state index contributed by atoms with van der Waals surface area (Å²) in [6.07, 6.45) is 2.86. The van der Waals surface area contributed by atoms with E-state index in [2.05, 4.69) is 17.2 Å². The number of aromatic nitrogens is 2. The van der Waals surface area contributed by atoms with E-state index < -0.39 is 0 Å². The minimum Gasteiger partial charge on any atom is -0.313 e. The number of halogens is 1. The third kappa shape index (κ3) is 3.01. The van der Waals surface area contributed by atoms with Gasteiger partial charge in [0, 0.05) is 12.2 Å². The molecule has 0 saturated carbocycles. The van der Waals surface area contributed by atoms with Crippen LogP contribution in [0.2, 0.25) is 0 Å². The van der Waals surface area contributed by atoms with Crippen molar-refractivity contribution in [3.8, 4) is 5.69 Å². The fraction of sp³-hybridized carbons (Fsp3) is 0.400. The summed E-state index contributed by atoms with van der Waals surface area (Å²) in [5, 5.41) is 3.31. The molecule has 3 nitrogen and oxygen atoms in total. The van der Waals surface area contributed by atoms with E-state index in [1.165, 1.54) is 6.07 Å². The molecule has 0 bridgehead atoms. The first-order valence-corrected chi connectivity index (χ1v) is 6.63. The van der Waals surface area contributed by atoms with Gasteiger partial charge in [-0.1, -0.05) is 6.92 Å². The molecule has 2 rings (SSSR count). The zero-order chi connectivity index (χ0) is 13.8. The lowest BCUT2D eigenvalue weighted by Gasteiger charge is -2.13. The molecule has 1 heterocycles. The number of imidazole rings is 1. The highest BCUT2D eigenvalue weighted by molar-refractivity contribution is 5.43. The molecule has 0 radical (unpaired) electrons. The normalized spacial score (nSPS) is 10.9. The molecule has 0 aliphatic carbocycles. The van der Waals surface area contributed by atoms with Gasteiger partial charge in [0.2, 0.25) is 0 Å². The third-order valence-corrected chi connectivity index (χ3v) is 3.30. The van der Waals surface area contributed by atoms with Crippen LogP contribution in [-0.4, -0.2) is 16.1 Å². The topological polar surface area (TPSA) is 29.9 Å². The molecule has 1 aromatic carbocycles. The van der Waals surface area contributed by atoms with Crippen molar-refractivity contribution in [2.75, 3.05) is 6.54 Å². The number of nitrogens with one attached hydrogen (secondary N) is 1. The summed E-state index contributed by atoms with van der Waals surface area (Å²) < 4.78 is 15.4. The maximum atomic E-state index is 13.4. The molecule has 0 unspecified atom stereocenters. The number of rotatable bonds is 5. The minimum atomic E-state index is -0.202. The SMILES string of the molecule is CCCNCc1cc(F)ccc1-n1cnc(C)c1C. The molecule has 0 fully saturated rings. The predicted molar refractivity (Wildman–Crippen MR) is 75.0 cm³/mol. The molecular weight excluding hydrogens is 241 g/mol. The number of hydrogen-bond acceptors (Lipinski definition) is 2. The summed E-state index contributed by atoms with van der Waals surface area (Å²) in [5.74, 6) is -0.202. The molecule has 1 aromatic heterocycles. The maximum Gasteiger partial charge on any atom is 0.123 e. The zero-order valence-electron chi connectivity index (χ0n) is 11.7. The smallest absolute Gasteiger partial charge is 0.123 e. The van der Waals surface area contributed by atoms with Gasteiger partial charge in [0.05, 0.1) is 17.7 Å².